The number of halogens is 1. The Morgan fingerprint density at radius 1 is 1.25 bits per heavy atom. The molecule has 0 nitrogen and oxygen atoms in total. The molecule has 0 heterocycles. The van der Waals surface area contributed by atoms with Crippen molar-refractivity contribution in [3.05, 3.63) is 41.5 Å². The number of hydrogen-bond acceptors (Lipinski definition) is 0. The first kappa shape index (κ1) is 9.53. The lowest BCUT2D eigenvalue weighted by atomic mass is 10.1. The molecule has 0 saturated carbocycles. The molecule has 1 heteroatoms. The molecule has 0 fully saturated rings. The zero-order valence-corrected chi connectivity index (χ0v) is 8.84. The standard InChI is InChI=1S/C11H13Br/c1-10-5-7-11(8-6-10)4-2-3-9-12/h2,4-8H,3,9H2,1H3. The summed E-state index contributed by atoms with van der Waals surface area (Å²) in [6.45, 7) is 2.10. The van der Waals surface area contributed by atoms with Crippen LogP contribution in [0.15, 0.2) is 30.3 Å². The number of benzene rings is 1. The normalized spacial score (nSPS) is 10.8. The first-order chi connectivity index (χ1) is 5.83. The molecule has 0 N–H and O–H groups in total. The van der Waals surface area contributed by atoms with Crippen LogP contribution in [0, 0.1) is 6.92 Å². The van der Waals surface area contributed by atoms with Gasteiger partial charge in [-0.1, -0.05) is 57.9 Å². The van der Waals surface area contributed by atoms with Crippen molar-refractivity contribution in [2.24, 2.45) is 0 Å². The minimum Gasteiger partial charge on any atom is -0.0925 e. The van der Waals surface area contributed by atoms with E-state index in [1.54, 1.807) is 0 Å². The fourth-order valence-corrected chi connectivity index (χ4v) is 1.22. The van der Waals surface area contributed by atoms with Crippen molar-refractivity contribution in [3.63, 3.8) is 0 Å². The van der Waals surface area contributed by atoms with Gasteiger partial charge in [0.2, 0.25) is 0 Å². The highest BCUT2D eigenvalue weighted by molar-refractivity contribution is 9.09. The SMILES string of the molecule is Cc1ccc(C=CCCBr)cc1. The summed E-state index contributed by atoms with van der Waals surface area (Å²) in [5, 5.41) is 1.04. The first-order valence-electron chi connectivity index (χ1n) is 4.12. The minimum absolute atomic E-state index is 1.04. The summed E-state index contributed by atoms with van der Waals surface area (Å²) < 4.78 is 0. The Balaban J connectivity index is 2.58. The fraction of sp³-hybridized carbons (Fsp3) is 0.273. The van der Waals surface area contributed by atoms with Crippen LogP contribution in [0.4, 0.5) is 0 Å². The third kappa shape index (κ3) is 3.22. The smallest absolute Gasteiger partial charge is 0.00660 e. The van der Waals surface area contributed by atoms with E-state index in [0.29, 0.717) is 0 Å². The van der Waals surface area contributed by atoms with Gasteiger partial charge in [0.15, 0.2) is 0 Å². The second-order valence-electron chi connectivity index (χ2n) is 2.79. The summed E-state index contributed by atoms with van der Waals surface area (Å²) >= 11 is 3.38. The number of rotatable bonds is 3. The summed E-state index contributed by atoms with van der Waals surface area (Å²) in [7, 11) is 0. The van der Waals surface area contributed by atoms with Crippen molar-refractivity contribution in [1.29, 1.82) is 0 Å². The Bertz CT molecular complexity index is 246. The first-order valence-corrected chi connectivity index (χ1v) is 5.24. The molecule has 0 aliphatic heterocycles. The van der Waals surface area contributed by atoms with Crippen LogP contribution in [0.3, 0.4) is 0 Å². The molecule has 0 amide bonds. The lowest BCUT2D eigenvalue weighted by molar-refractivity contribution is 1.27. The number of alkyl halides is 1. The molecular formula is C11H13Br. The van der Waals surface area contributed by atoms with Crippen LogP contribution in [-0.4, -0.2) is 5.33 Å². The Labute approximate surface area is 82.4 Å². The summed E-state index contributed by atoms with van der Waals surface area (Å²) in [5.41, 5.74) is 2.59. The van der Waals surface area contributed by atoms with Gasteiger partial charge in [-0.3, -0.25) is 0 Å². The van der Waals surface area contributed by atoms with E-state index in [4.69, 9.17) is 0 Å². The second-order valence-corrected chi connectivity index (χ2v) is 3.58. The molecular weight excluding hydrogens is 212 g/mol. The Morgan fingerprint density at radius 3 is 2.50 bits per heavy atom. The summed E-state index contributed by atoms with van der Waals surface area (Å²) in [6.07, 6.45) is 5.42. The topological polar surface area (TPSA) is 0 Å². The van der Waals surface area contributed by atoms with Gasteiger partial charge in [0, 0.05) is 5.33 Å². The van der Waals surface area contributed by atoms with Crippen LogP contribution in [0.1, 0.15) is 17.5 Å². The van der Waals surface area contributed by atoms with E-state index in [0.717, 1.165) is 11.8 Å². The van der Waals surface area contributed by atoms with Crippen LogP contribution in [0.2, 0.25) is 0 Å². The summed E-state index contributed by atoms with van der Waals surface area (Å²) in [4.78, 5) is 0. The summed E-state index contributed by atoms with van der Waals surface area (Å²) in [6, 6.07) is 8.54. The van der Waals surface area contributed by atoms with E-state index >= 15 is 0 Å². The lowest BCUT2D eigenvalue weighted by Crippen LogP contribution is -1.73. The molecule has 12 heavy (non-hydrogen) atoms. The van der Waals surface area contributed by atoms with Gasteiger partial charge in [-0.05, 0) is 18.9 Å². The molecule has 0 spiro atoms. The van der Waals surface area contributed by atoms with E-state index in [9.17, 15) is 0 Å². The molecule has 64 valence electrons. The van der Waals surface area contributed by atoms with Crippen molar-refractivity contribution < 1.29 is 0 Å². The average Bonchev–Trinajstić information content (AvgIpc) is 2.09. The molecule has 1 aromatic carbocycles. The van der Waals surface area contributed by atoms with Gasteiger partial charge in [0.25, 0.3) is 0 Å². The average molecular weight is 225 g/mol. The molecule has 0 aliphatic rings. The zero-order chi connectivity index (χ0) is 8.81. The van der Waals surface area contributed by atoms with E-state index in [-0.39, 0.29) is 0 Å². The van der Waals surface area contributed by atoms with Gasteiger partial charge < -0.3 is 0 Å². The maximum absolute atomic E-state index is 3.38. The van der Waals surface area contributed by atoms with E-state index in [1.165, 1.54) is 11.1 Å². The van der Waals surface area contributed by atoms with E-state index < -0.39 is 0 Å². The molecule has 1 aromatic rings. The predicted molar refractivity (Wildman–Crippen MR) is 58.6 cm³/mol. The van der Waals surface area contributed by atoms with E-state index in [1.807, 2.05) is 0 Å². The van der Waals surface area contributed by atoms with Crippen molar-refractivity contribution in [1.82, 2.24) is 0 Å². The molecule has 1 rings (SSSR count). The van der Waals surface area contributed by atoms with Gasteiger partial charge in [-0.25, -0.2) is 0 Å². The quantitative estimate of drug-likeness (QED) is 0.686. The van der Waals surface area contributed by atoms with Gasteiger partial charge >= 0.3 is 0 Å². The van der Waals surface area contributed by atoms with Crippen molar-refractivity contribution in [3.8, 4) is 0 Å². The second kappa shape index (κ2) is 5.15. The van der Waals surface area contributed by atoms with Gasteiger partial charge in [-0.15, -0.1) is 0 Å². The Kier molecular flexibility index (Phi) is 4.09. The molecule has 0 bridgehead atoms. The van der Waals surface area contributed by atoms with Crippen molar-refractivity contribution in [2.45, 2.75) is 13.3 Å². The maximum atomic E-state index is 3.38. The van der Waals surface area contributed by atoms with Crippen LogP contribution in [0.25, 0.3) is 6.08 Å². The molecule has 0 atom stereocenters. The van der Waals surface area contributed by atoms with Crippen molar-refractivity contribution in [2.75, 3.05) is 5.33 Å². The number of aryl methyl sites for hydroxylation is 1. The lowest BCUT2D eigenvalue weighted by Gasteiger charge is -1.93. The molecule has 0 radical (unpaired) electrons. The van der Waals surface area contributed by atoms with Crippen LogP contribution < -0.4 is 0 Å². The monoisotopic (exact) mass is 224 g/mol. The Morgan fingerprint density at radius 2 is 1.92 bits per heavy atom. The molecule has 0 unspecified atom stereocenters. The zero-order valence-electron chi connectivity index (χ0n) is 7.26. The molecule has 0 aromatic heterocycles. The van der Waals surface area contributed by atoms with Crippen molar-refractivity contribution >= 4 is 22.0 Å². The van der Waals surface area contributed by atoms with Gasteiger partial charge in [0.05, 0.1) is 0 Å². The molecule has 0 saturated heterocycles. The predicted octanol–water partition coefficient (Wildman–Crippen LogP) is 3.79. The van der Waals surface area contributed by atoms with Crippen LogP contribution >= 0.6 is 15.9 Å². The number of hydrogen-bond donors (Lipinski definition) is 0. The Hall–Kier alpha value is -0.560. The fourth-order valence-electron chi connectivity index (χ4n) is 0.960. The summed E-state index contributed by atoms with van der Waals surface area (Å²) in [5.74, 6) is 0. The largest absolute Gasteiger partial charge is 0.0925 e. The van der Waals surface area contributed by atoms with Gasteiger partial charge in [-0.2, -0.15) is 0 Å². The third-order valence-electron chi connectivity index (χ3n) is 1.66. The maximum Gasteiger partial charge on any atom is 0.00660 e. The van der Waals surface area contributed by atoms with Gasteiger partial charge in [0.1, 0.15) is 0 Å². The third-order valence-corrected chi connectivity index (χ3v) is 2.12. The highest BCUT2D eigenvalue weighted by Gasteiger charge is 1.84. The van der Waals surface area contributed by atoms with E-state index in [2.05, 4.69) is 59.3 Å². The van der Waals surface area contributed by atoms with Crippen LogP contribution in [-0.2, 0) is 0 Å². The highest BCUT2D eigenvalue weighted by atomic mass is 79.9. The molecule has 0 aliphatic carbocycles. The minimum atomic E-state index is 1.04. The highest BCUT2D eigenvalue weighted by Crippen LogP contribution is 2.05. The van der Waals surface area contributed by atoms with Crippen LogP contribution in [0.5, 0.6) is 0 Å². The number of allylic oxidation sites excluding steroid dienone is 1.